The number of allylic oxidation sites excluding steroid dienone is 1. The van der Waals surface area contributed by atoms with E-state index in [9.17, 15) is 10.1 Å². The first-order valence-corrected chi connectivity index (χ1v) is 7.96. The molecule has 0 unspecified atom stereocenters. The van der Waals surface area contributed by atoms with Crippen molar-refractivity contribution in [3.05, 3.63) is 28.8 Å². The lowest BCUT2D eigenvalue weighted by Crippen LogP contribution is -2.13. The van der Waals surface area contributed by atoms with Gasteiger partial charge in [-0.1, -0.05) is 20.8 Å². The molecule has 0 atom stereocenters. The van der Waals surface area contributed by atoms with Crippen LogP contribution in [-0.2, 0) is 14.9 Å². The lowest BCUT2D eigenvalue weighted by atomic mass is 9.86. The molecule has 0 radical (unpaired) electrons. The molecule has 1 aromatic carbocycles. The monoisotopic (exact) mass is 329 g/mol. The Morgan fingerprint density at radius 3 is 2.42 bits per heavy atom. The third-order valence-corrected chi connectivity index (χ3v) is 4.25. The van der Waals surface area contributed by atoms with E-state index in [1.165, 1.54) is 0 Å². The van der Waals surface area contributed by atoms with Gasteiger partial charge in [-0.15, -0.1) is 0 Å². The first-order valence-electron chi connectivity index (χ1n) is 7.96. The number of carbonyl (C=O) groups excluding carboxylic acids is 1. The number of fused-ring (bicyclic) bond motifs is 1. The summed E-state index contributed by atoms with van der Waals surface area (Å²) in [5.41, 5.74) is 2.45. The second-order valence-electron chi connectivity index (χ2n) is 6.41. The van der Waals surface area contributed by atoms with Crippen LogP contribution >= 0.6 is 0 Å². The van der Waals surface area contributed by atoms with Gasteiger partial charge >= 0.3 is 5.97 Å². The molecule has 0 amide bonds. The molecule has 1 aliphatic carbocycles. The van der Waals surface area contributed by atoms with Crippen molar-refractivity contribution in [2.75, 3.05) is 20.8 Å². The number of methoxy groups -OCH3 is 2. The van der Waals surface area contributed by atoms with Crippen molar-refractivity contribution in [2.45, 2.75) is 39.0 Å². The summed E-state index contributed by atoms with van der Waals surface area (Å²) in [7, 11) is 3.15. The summed E-state index contributed by atoms with van der Waals surface area (Å²) in [5, 5.41) is 9.51. The molecule has 24 heavy (non-hydrogen) atoms. The number of nitrogens with zero attached hydrogens (tertiary/aromatic N) is 1. The van der Waals surface area contributed by atoms with Crippen LogP contribution in [0, 0.1) is 11.3 Å². The summed E-state index contributed by atoms with van der Waals surface area (Å²) < 4.78 is 15.9. The maximum absolute atomic E-state index is 12.3. The summed E-state index contributed by atoms with van der Waals surface area (Å²) >= 11 is 0. The van der Waals surface area contributed by atoms with Gasteiger partial charge in [-0.3, -0.25) is 0 Å². The first-order chi connectivity index (χ1) is 11.4. The molecule has 0 aromatic heterocycles. The Hall–Kier alpha value is -2.48. The molecule has 0 N–H and O–H groups in total. The van der Waals surface area contributed by atoms with E-state index < -0.39 is 5.97 Å². The highest BCUT2D eigenvalue weighted by Gasteiger charge is 2.37. The highest BCUT2D eigenvalue weighted by molar-refractivity contribution is 6.03. The first kappa shape index (κ1) is 17.9. The standard InChI is InChI=1S/C19H23NO4/c1-6-7-24-18(21)14(11-20)13-10-19(2,3)15-9-17(23-5)16(22-4)8-12(13)15/h8-9H,6-7,10H2,1-5H3/b14-13+. The summed E-state index contributed by atoms with van der Waals surface area (Å²) in [6.45, 7) is 6.38. The molecular weight excluding hydrogens is 306 g/mol. The fraction of sp³-hybridized carbons (Fsp3) is 0.474. The average molecular weight is 329 g/mol. The van der Waals surface area contributed by atoms with E-state index in [2.05, 4.69) is 13.8 Å². The minimum atomic E-state index is -0.562. The number of benzene rings is 1. The minimum absolute atomic E-state index is 0.0718. The van der Waals surface area contributed by atoms with E-state index in [4.69, 9.17) is 14.2 Å². The van der Waals surface area contributed by atoms with Crippen LogP contribution in [0.3, 0.4) is 0 Å². The maximum Gasteiger partial charge on any atom is 0.349 e. The molecule has 5 heteroatoms. The van der Waals surface area contributed by atoms with Crippen LogP contribution < -0.4 is 9.47 Å². The quantitative estimate of drug-likeness (QED) is 0.469. The smallest absolute Gasteiger partial charge is 0.349 e. The number of esters is 1. The molecule has 0 fully saturated rings. The molecule has 1 aliphatic rings. The summed E-state index contributed by atoms with van der Waals surface area (Å²) in [5.74, 6) is 0.649. The average Bonchev–Trinajstić information content (AvgIpc) is 2.83. The molecule has 5 nitrogen and oxygen atoms in total. The molecule has 0 aliphatic heterocycles. The Morgan fingerprint density at radius 1 is 1.25 bits per heavy atom. The molecule has 128 valence electrons. The lowest BCUT2D eigenvalue weighted by molar-refractivity contribution is -0.138. The van der Waals surface area contributed by atoms with Gasteiger partial charge in [0.25, 0.3) is 0 Å². The predicted octanol–water partition coefficient (Wildman–Crippen LogP) is 3.62. The van der Waals surface area contributed by atoms with Gasteiger partial charge < -0.3 is 14.2 Å². The van der Waals surface area contributed by atoms with Crippen LogP contribution in [0.2, 0.25) is 0 Å². The van der Waals surface area contributed by atoms with Crippen LogP contribution in [0.1, 0.15) is 44.7 Å². The van der Waals surface area contributed by atoms with Gasteiger partial charge in [0, 0.05) is 0 Å². The normalized spacial score (nSPS) is 16.8. The largest absolute Gasteiger partial charge is 0.493 e. The van der Waals surface area contributed by atoms with Gasteiger partial charge in [0.15, 0.2) is 11.5 Å². The Balaban J connectivity index is 2.63. The predicted molar refractivity (Wildman–Crippen MR) is 91.0 cm³/mol. The van der Waals surface area contributed by atoms with Gasteiger partial charge in [0.1, 0.15) is 11.6 Å². The maximum atomic E-state index is 12.3. The molecule has 1 aromatic rings. The summed E-state index contributed by atoms with van der Waals surface area (Å²) in [4.78, 5) is 12.3. The van der Waals surface area contributed by atoms with Crippen molar-refractivity contribution in [2.24, 2.45) is 0 Å². The van der Waals surface area contributed by atoms with Gasteiger partial charge in [0.05, 0.1) is 20.8 Å². The van der Waals surface area contributed by atoms with Crippen molar-refractivity contribution in [3.8, 4) is 17.6 Å². The highest BCUT2D eigenvalue weighted by Crippen LogP contribution is 2.50. The molecule has 2 rings (SSSR count). The van der Waals surface area contributed by atoms with Crippen molar-refractivity contribution in [1.82, 2.24) is 0 Å². The van der Waals surface area contributed by atoms with Crippen LogP contribution in [-0.4, -0.2) is 26.8 Å². The number of hydrogen-bond donors (Lipinski definition) is 0. The van der Waals surface area contributed by atoms with Crippen LogP contribution in [0.5, 0.6) is 11.5 Å². The zero-order valence-electron chi connectivity index (χ0n) is 14.9. The third-order valence-electron chi connectivity index (χ3n) is 4.25. The van der Waals surface area contributed by atoms with Gasteiger partial charge in [0.2, 0.25) is 0 Å². The van der Waals surface area contributed by atoms with E-state index >= 15 is 0 Å². The van der Waals surface area contributed by atoms with Gasteiger partial charge in [-0.2, -0.15) is 5.26 Å². The van der Waals surface area contributed by atoms with Crippen molar-refractivity contribution >= 4 is 11.5 Å². The summed E-state index contributed by atoms with van der Waals surface area (Å²) in [6.07, 6.45) is 1.30. The Labute approximate surface area is 142 Å². The molecule has 0 heterocycles. The van der Waals surface area contributed by atoms with Gasteiger partial charge in [-0.25, -0.2) is 4.79 Å². The zero-order valence-corrected chi connectivity index (χ0v) is 14.9. The van der Waals surface area contributed by atoms with E-state index in [1.54, 1.807) is 14.2 Å². The molecular formula is C19H23NO4. The van der Waals surface area contributed by atoms with E-state index in [0.717, 1.165) is 11.1 Å². The van der Waals surface area contributed by atoms with Crippen molar-refractivity contribution < 1.29 is 19.0 Å². The number of nitriles is 1. The number of rotatable bonds is 5. The Kier molecular flexibility index (Phi) is 5.18. The molecule has 0 bridgehead atoms. The molecule has 0 saturated carbocycles. The topological polar surface area (TPSA) is 68.6 Å². The lowest BCUT2D eigenvalue weighted by Gasteiger charge is -2.19. The molecule has 0 spiro atoms. The fourth-order valence-corrected chi connectivity index (χ4v) is 3.05. The summed E-state index contributed by atoms with van der Waals surface area (Å²) in [6, 6.07) is 5.79. The van der Waals surface area contributed by atoms with E-state index in [1.807, 2.05) is 25.1 Å². The Bertz CT molecular complexity index is 726. The number of carbonyl (C=O) groups is 1. The Morgan fingerprint density at radius 2 is 1.88 bits per heavy atom. The second-order valence-corrected chi connectivity index (χ2v) is 6.41. The van der Waals surface area contributed by atoms with E-state index in [0.29, 0.717) is 36.5 Å². The third kappa shape index (κ3) is 3.09. The van der Waals surface area contributed by atoms with Crippen LogP contribution in [0.25, 0.3) is 5.57 Å². The van der Waals surface area contributed by atoms with Crippen molar-refractivity contribution in [3.63, 3.8) is 0 Å². The highest BCUT2D eigenvalue weighted by atomic mass is 16.5. The number of ether oxygens (including phenoxy) is 3. The van der Waals surface area contributed by atoms with Crippen LogP contribution in [0.15, 0.2) is 17.7 Å². The second kappa shape index (κ2) is 6.96. The number of hydrogen-bond acceptors (Lipinski definition) is 5. The van der Waals surface area contributed by atoms with Gasteiger partial charge in [-0.05, 0) is 47.1 Å². The fourth-order valence-electron chi connectivity index (χ4n) is 3.05. The SMILES string of the molecule is CCCOC(=O)/C(C#N)=C1\CC(C)(C)c2cc(OC)c(OC)cc21. The zero-order chi connectivity index (χ0) is 17.9. The minimum Gasteiger partial charge on any atom is -0.493 e. The van der Waals surface area contributed by atoms with Crippen molar-refractivity contribution in [1.29, 1.82) is 5.26 Å². The van der Waals surface area contributed by atoms with Crippen LogP contribution in [0.4, 0.5) is 0 Å². The molecule has 0 saturated heterocycles. The van der Waals surface area contributed by atoms with E-state index in [-0.39, 0.29) is 11.0 Å².